The van der Waals surface area contributed by atoms with Gasteiger partial charge in [0.2, 0.25) is 11.8 Å². The van der Waals surface area contributed by atoms with Crippen LogP contribution in [0.4, 0.5) is 5.69 Å². The van der Waals surface area contributed by atoms with E-state index in [1.807, 2.05) is 37.3 Å². The lowest BCUT2D eigenvalue weighted by Gasteiger charge is -2.25. The van der Waals surface area contributed by atoms with Crippen molar-refractivity contribution in [3.05, 3.63) is 65.7 Å². The van der Waals surface area contributed by atoms with E-state index in [-0.39, 0.29) is 24.3 Å². The second-order valence-electron chi connectivity index (χ2n) is 7.21. The van der Waals surface area contributed by atoms with Gasteiger partial charge in [0.25, 0.3) is 0 Å². The first-order valence-electron chi connectivity index (χ1n) is 9.35. The lowest BCUT2D eigenvalue weighted by Crippen LogP contribution is -2.30. The van der Waals surface area contributed by atoms with Crippen molar-refractivity contribution in [2.24, 2.45) is 5.92 Å². The molecule has 0 aromatic heterocycles. The van der Waals surface area contributed by atoms with Crippen LogP contribution in [0.2, 0.25) is 0 Å². The van der Waals surface area contributed by atoms with E-state index < -0.39 is 17.8 Å². The van der Waals surface area contributed by atoms with E-state index in [1.54, 1.807) is 36.1 Å². The molecule has 0 bridgehead atoms. The molecule has 1 heterocycles. The summed E-state index contributed by atoms with van der Waals surface area (Å²) in [7, 11) is 0. The highest BCUT2D eigenvalue weighted by atomic mass is 16.4. The van der Waals surface area contributed by atoms with Gasteiger partial charge in [0.05, 0.1) is 17.9 Å². The van der Waals surface area contributed by atoms with Crippen molar-refractivity contribution in [3.63, 3.8) is 0 Å². The van der Waals surface area contributed by atoms with Gasteiger partial charge in [0.15, 0.2) is 0 Å². The molecule has 0 spiro atoms. The highest BCUT2D eigenvalue weighted by Gasteiger charge is 2.37. The zero-order valence-corrected chi connectivity index (χ0v) is 16.0. The van der Waals surface area contributed by atoms with Gasteiger partial charge in [-0.1, -0.05) is 42.5 Å². The molecule has 2 aromatic rings. The zero-order chi connectivity index (χ0) is 20.3. The molecule has 2 aromatic carbocycles. The van der Waals surface area contributed by atoms with Crippen molar-refractivity contribution in [2.75, 3.05) is 11.9 Å². The lowest BCUT2D eigenvalue weighted by atomic mass is 10.0. The number of likely N-dealkylation sites (tertiary alicyclic amines) is 1. The van der Waals surface area contributed by atoms with Crippen LogP contribution in [0.5, 0.6) is 0 Å². The topological polar surface area (TPSA) is 86.7 Å². The fourth-order valence-corrected chi connectivity index (χ4v) is 3.47. The molecule has 2 amide bonds. The van der Waals surface area contributed by atoms with E-state index in [4.69, 9.17) is 5.11 Å². The van der Waals surface area contributed by atoms with E-state index in [0.717, 1.165) is 5.56 Å². The number of anilines is 1. The number of amides is 2. The molecule has 146 valence electrons. The fourth-order valence-electron chi connectivity index (χ4n) is 3.47. The van der Waals surface area contributed by atoms with Crippen LogP contribution in [0.1, 0.15) is 43.4 Å². The molecule has 0 radical (unpaired) electrons. The van der Waals surface area contributed by atoms with Crippen molar-refractivity contribution in [1.29, 1.82) is 0 Å². The van der Waals surface area contributed by atoms with Gasteiger partial charge in [0, 0.05) is 18.7 Å². The molecular formula is C22H24N2O4. The summed E-state index contributed by atoms with van der Waals surface area (Å²) in [4.78, 5) is 38.0. The Bertz CT molecular complexity index is 881. The second-order valence-corrected chi connectivity index (χ2v) is 7.21. The Labute approximate surface area is 164 Å². The van der Waals surface area contributed by atoms with Crippen molar-refractivity contribution >= 4 is 23.5 Å². The zero-order valence-electron chi connectivity index (χ0n) is 16.0. The molecular weight excluding hydrogens is 356 g/mol. The lowest BCUT2D eigenvalue weighted by molar-refractivity contribution is -0.138. The minimum atomic E-state index is -0.921. The molecule has 1 aliphatic heterocycles. The largest absolute Gasteiger partial charge is 0.481 e. The number of rotatable bonds is 6. The quantitative estimate of drug-likeness (QED) is 0.804. The van der Waals surface area contributed by atoms with E-state index in [0.29, 0.717) is 17.8 Å². The minimum Gasteiger partial charge on any atom is -0.481 e. The first-order valence-corrected chi connectivity index (χ1v) is 9.35. The summed E-state index contributed by atoms with van der Waals surface area (Å²) in [5.41, 5.74) is 2.19. The van der Waals surface area contributed by atoms with Crippen LogP contribution in [0.15, 0.2) is 54.6 Å². The van der Waals surface area contributed by atoms with Crippen LogP contribution in [-0.2, 0) is 14.4 Å². The van der Waals surface area contributed by atoms with Gasteiger partial charge in [-0.05, 0) is 37.1 Å². The van der Waals surface area contributed by atoms with Gasteiger partial charge >= 0.3 is 5.97 Å². The summed E-state index contributed by atoms with van der Waals surface area (Å²) in [6.45, 7) is 3.93. The van der Waals surface area contributed by atoms with Crippen LogP contribution in [0, 0.1) is 5.92 Å². The number of aliphatic carboxylic acids is 1. The molecule has 6 heteroatoms. The predicted octanol–water partition coefficient (Wildman–Crippen LogP) is 3.42. The smallest absolute Gasteiger partial charge is 0.310 e. The number of carboxylic acid groups (broad SMARTS) is 1. The molecule has 1 aliphatic rings. The SMILES string of the molecule is CC(C(=O)O)c1cccc(NC(=O)C2CC(=O)N(C(C)c3ccccc3)C2)c1. The van der Waals surface area contributed by atoms with Crippen LogP contribution in [-0.4, -0.2) is 34.3 Å². The summed E-state index contributed by atoms with van der Waals surface area (Å²) >= 11 is 0. The Morgan fingerprint density at radius 1 is 1.07 bits per heavy atom. The summed E-state index contributed by atoms with van der Waals surface area (Å²) in [5.74, 6) is -2.28. The van der Waals surface area contributed by atoms with Crippen molar-refractivity contribution in [3.8, 4) is 0 Å². The summed E-state index contributed by atoms with van der Waals surface area (Å²) < 4.78 is 0. The van der Waals surface area contributed by atoms with Gasteiger partial charge in [0.1, 0.15) is 0 Å². The highest BCUT2D eigenvalue weighted by molar-refractivity contribution is 5.97. The Hall–Kier alpha value is -3.15. The maximum Gasteiger partial charge on any atom is 0.310 e. The monoisotopic (exact) mass is 380 g/mol. The molecule has 0 aliphatic carbocycles. The van der Waals surface area contributed by atoms with Gasteiger partial charge in [-0.15, -0.1) is 0 Å². The second kappa shape index (κ2) is 8.25. The summed E-state index contributed by atoms with van der Waals surface area (Å²) in [5, 5.41) is 12.0. The Morgan fingerprint density at radius 3 is 2.43 bits per heavy atom. The number of nitrogens with zero attached hydrogens (tertiary/aromatic N) is 1. The van der Waals surface area contributed by atoms with Gasteiger partial charge in [-0.25, -0.2) is 0 Å². The molecule has 2 N–H and O–H groups in total. The van der Waals surface area contributed by atoms with E-state index in [2.05, 4.69) is 5.32 Å². The number of carbonyl (C=O) groups is 3. The molecule has 0 saturated carbocycles. The van der Waals surface area contributed by atoms with Crippen LogP contribution < -0.4 is 5.32 Å². The number of carboxylic acids is 1. The third-order valence-corrected chi connectivity index (χ3v) is 5.30. The summed E-state index contributed by atoms with van der Waals surface area (Å²) in [6, 6.07) is 16.5. The van der Waals surface area contributed by atoms with Crippen molar-refractivity contribution in [1.82, 2.24) is 4.90 Å². The normalized spacial score (nSPS) is 18.6. The Balaban J connectivity index is 1.67. The van der Waals surface area contributed by atoms with Gasteiger partial charge in [-0.3, -0.25) is 14.4 Å². The average Bonchev–Trinajstić information content (AvgIpc) is 3.09. The molecule has 3 atom stereocenters. The maximum atomic E-state index is 12.7. The number of benzene rings is 2. The number of hydrogen-bond acceptors (Lipinski definition) is 3. The standard InChI is InChI=1S/C22H24N2O4/c1-14(22(27)28)17-9-6-10-19(11-17)23-21(26)18-12-20(25)24(13-18)15(2)16-7-4-3-5-8-16/h3-11,14-15,18H,12-13H2,1-2H3,(H,23,26)(H,27,28). The van der Waals surface area contributed by atoms with E-state index in [9.17, 15) is 14.4 Å². The first-order chi connectivity index (χ1) is 13.4. The maximum absolute atomic E-state index is 12.7. The van der Waals surface area contributed by atoms with E-state index in [1.165, 1.54) is 0 Å². The van der Waals surface area contributed by atoms with Crippen molar-refractivity contribution < 1.29 is 19.5 Å². The predicted molar refractivity (Wildman–Crippen MR) is 106 cm³/mol. The van der Waals surface area contributed by atoms with Crippen LogP contribution in [0.3, 0.4) is 0 Å². The van der Waals surface area contributed by atoms with Crippen LogP contribution >= 0.6 is 0 Å². The molecule has 28 heavy (non-hydrogen) atoms. The molecule has 3 unspecified atom stereocenters. The fraction of sp³-hybridized carbons (Fsp3) is 0.318. The van der Waals surface area contributed by atoms with Gasteiger partial charge in [-0.2, -0.15) is 0 Å². The number of carbonyl (C=O) groups excluding carboxylic acids is 2. The first kappa shape index (κ1) is 19.6. The number of nitrogens with one attached hydrogen (secondary N) is 1. The Kier molecular flexibility index (Phi) is 5.78. The van der Waals surface area contributed by atoms with Crippen molar-refractivity contribution in [2.45, 2.75) is 32.2 Å². The minimum absolute atomic E-state index is 0.0373. The summed E-state index contributed by atoms with van der Waals surface area (Å²) in [6.07, 6.45) is 0.175. The molecule has 1 fully saturated rings. The van der Waals surface area contributed by atoms with Gasteiger partial charge < -0.3 is 15.3 Å². The third kappa shape index (κ3) is 4.22. The van der Waals surface area contributed by atoms with E-state index >= 15 is 0 Å². The molecule has 6 nitrogen and oxygen atoms in total. The highest BCUT2D eigenvalue weighted by Crippen LogP contribution is 2.29. The Morgan fingerprint density at radius 2 is 1.75 bits per heavy atom. The molecule has 1 saturated heterocycles. The molecule has 3 rings (SSSR count). The third-order valence-electron chi connectivity index (χ3n) is 5.30. The van der Waals surface area contributed by atoms with Crippen LogP contribution in [0.25, 0.3) is 0 Å². The number of hydrogen-bond donors (Lipinski definition) is 2. The average molecular weight is 380 g/mol.